The molecule has 0 aliphatic rings. The van der Waals surface area contributed by atoms with Gasteiger partial charge in [-0.1, -0.05) is 6.92 Å². The molecule has 1 amide bonds. The third kappa shape index (κ3) is 3.71. The standard InChI is InChI=1S/C10H18N4O/c1-3-11-6-4-7-12-10(15)9-5-8-13-14(9)2/h5,8,11H,3-4,6-7H2,1-2H3,(H,12,15). The van der Waals surface area contributed by atoms with Crippen molar-refractivity contribution in [2.24, 2.45) is 7.05 Å². The van der Waals surface area contributed by atoms with E-state index in [4.69, 9.17) is 0 Å². The molecule has 0 saturated heterocycles. The largest absolute Gasteiger partial charge is 0.351 e. The third-order valence-corrected chi connectivity index (χ3v) is 2.12. The summed E-state index contributed by atoms with van der Waals surface area (Å²) in [5, 5.41) is 9.98. The van der Waals surface area contributed by atoms with Gasteiger partial charge in [-0.15, -0.1) is 0 Å². The van der Waals surface area contributed by atoms with Crippen molar-refractivity contribution in [1.82, 2.24) is 20.4 Å². The second-order valence-electron chi connectivity index (χ2n) is 3.30. The number of aryl methyl sites for hydroxylation is 1. The molecule has 0 unspecified atom stereocenters. The maximum absolute atomic E-state index is 11.6. The summed E-state index contributed by atoms with van der Waals surface area (Å²) in [5.41, 5.74) is 0.596. The van der Waals surface area contributed by atoms with Crippen molar-refractivity contribution in [3.8, 4) is 0 Å². The first kappa shape index (κ1) is 11.7. The number of hydrogen-bond donors (Lipinski definition) is 2. The van der Waals surface area contributed by atoms with E-state index in [9.17, 15) is 4.79 Å². The zero-order valence-electron chi connectivity index (χ0n) is 9.29. The van der Waals surface area contributed by atoms with Crippen LogP contribution in [0.5, 0.6) is 0 Å². The molecule has 0 fully saturated rings. The van der Waals surface area contributed by atoms with Crippen LogP contribution in [0.1, 0.15) is 23.8 Å². The van der Waals surface area contributed by atoms with Crippen LogP contribution >= 0.6 is 0 Å². The Morgan fingerprint density at radius 1 is 1.53 bits per heavy atom. The topological polar surface area (TPSA) is 58.9 Å². The Labute approximate surface area is 89.9 Å². The van der Waals surface area contributed by atoms with E-state index in [-0.39, 0.29) is 5.91 Å². The van der Waals surface area contributed by atoms with Gasteiger partial charge in [-0.2, -0.15) is 5.10 Å². The van der Waals surface area contributed by atoms with E-state index in [1.807, 2.05) is 0 Å². The Kier molecular flexibility index (Phi) is 4.83. The average molecular weight is 210 g/mol. The second kappa shape index (κ2) is 6.19. The number of aromatic nitrogens is 2. The van der Waals surface area contributed by atoms with Crippen LogP contribution in [0.4, 0.5) is 0 Å². The van der Waals surface area contributed by atoms with Crippen molar-refractivity contribution in [2.45, 2.75) is 13.3 Å². The lowest BCUT2D eigenvalue weighted by Gasteiger charge is -2.05. The van der Waals surface area contributed by atoms with Gasteiger partial charge in [0.1, 0.15) is 5.69 Å². The van der Waals surface area contributed by atoms with Crippen LogP contribution in [0, 0.1) is 0 Å². The average Bonchev–Trinajstić information content (AvgIpc) is 2.64. The lowest BCUT2D eigenvalue weighted by molar-refractivity contribution is 0.0944. The van der Waals surface area contributed by atoms with Gasteiger partial charge in [0.2, 0.25) is 0 Å². The minimum Gasteiger partial charge on any atom is -0.351 e. The maximum Gasteiger partial charge on any atom is 0.269 e. The third-order valence-electron chi connectivity index (χ3n) is 2.12. The van der Waals surface area contributed by atoms with Crippen molar-refractivity contribution in [2.75, 3.05) is 19.6 Å². The molecule has 0 saturated carbocycles. The SMILES string of the molecule is CCNCCCNC(=O)c1ccnn1C. The Bertz CT molecular complexity index is 308. The summed E-state index contributed by atoms with van der Waals surface area (Å²) < 4.78 is 1.57. The maximum atomic E-state index is 11.6. The van der Waals surface area contributed by atoms with Crippen LogP contribution in [-0.2, 0) is 7.05 Å². The fourth-order valence-corrected chi connectivity index (χ4v) is 1.28. The molecule has 0 radical (unpaired) electrons. The second-order valence-corrected chi connectivity index (χ2v) is 3.30. The number of amides is 1. The number of carbonyl (C=O) groups is 1. The highest BCUT2D eigenvalue weighted by Crippen LogP contribution is 1.95. The summed E-state index contributed by atoms with van der Waals surface area (Å²) in [6.45, 7) is 4.66. The molecular weight excluding hydrogens is 192 g/mol. The molecule has 0 spiro atoms. The lowest BCUT2D eigenvalue weighted by Crippen LogP contribution is -2.28. The van der Waals surface area contributed by atoms with Gasteiger partial charge in [0, 0.05) is 19.8 Å². The molecule has 5 nitrogen and oxygen atoms in total. The first-order valence-electron chi connectivity index (χ1n) is 5.22. The van der Waals surface area contributed by atoms with Crippen LogP contribution in [0.15, 0.2) is 12.3 Å². The van der Waals surface area contributed by atoms with Gasteiger partial charge in [0.05, 0.1) is 0 Å². The van der Waals surface area contributed by atoms with Crippen molar-refractivity contribution in [3.63, 3.8) is 0 Å². The van der Waals surface area contributed by atoms with Crippen molar-refractivity contribution >= 4 is 5.91 Å². The van der Waals surface area contributed by atoms with Crippen molar-refractivity contribution in [3.05, 3.63) is 18.0 Å². The summed E-state index contributed by atoms with van der Waals surface area (Å²) >= 11 is 0. The van der Waals surface area contributed by atoms with Gasteiger partial charge in [0.25, 0.3) is 5.91 Å². The van der Waals surface area contributed by atoms with E-state index in [1.54, 1.807) is 24.0 Å². The van der Waals surface area contributed by atoms with Gasteiger partial charge >= 0.3 is 0 Å². The van der Waals surface area contributed by atoms with Crippen LogP contribution in [-0.4, -0.2) is 35.3 Å². The first-order chi connectivity index (χ1) is 7.25. The summed E-state index contributed by atoms with van der Waals surface area (Å²) in [6.07, 6.45) is 2.56. The number of nitrogens with zero attached hydrogens (tertiary/aromatic N) is 2. The zero-order chi connectivity index (χ0) is 11.1. The summed E-state index contributed by atoms with van der Waals surface area (Å²) in [7, 11) is 1.76. The van der Waals surface area contributed by atoms with Gasteiger partial charge in [-0.3, -0.25) is 9.48 Å². The molecule has 1 aromatic rings. The van der Waals surface area contributed by atoms with Gasteiger partial charge in [-0.25, -0.2) is 0 Å². The molecule has 0 aromatic carbocycles. The number of nitrogens with one attached hydrogen (secondary N) is 2. The number of rotatable bonds is 6. The summed E-state index contributed by atoms with van der Waals surface area (Å²) in [4.78, 5) is 11.6. The quantitative estimate of drug-likeness (QED) is 0.657. The van der Waals surface area contributed by atoms with E-state index in [0.29, 0.717) is 12.2 Å². The molecule has 5 heteroatoms. The summed E-state index contributed by atoms with van der Waals surface area (Å²) in [6, 6.07) is 1.71. The van der Waals surface area contributed by atoms with Crippen LogP contribution < -0.4 is 10.6 Å². The molecule has 84 valence electrons. The molecule has 15 heavy (non-hydrogen) atoms. The lowest BCUT2D eigenvalue weighted by atomic mass is 10.3. The predicted molar refractivity (Wildman–Crippen MR) is 58.7 cm³/mol. The van der Waals surface area contributed by atoms with Gasteiger partial charge < -0.3 is 10.6 Å². The Morgan fingerprint density at radius 2 is 2.33 bits per heavy atom. The molecule has 0 aliphatic carbocycles. The monoisotopic (exact) mass is 210 g/mol. The normalized spacial score (nSPS) is 10.3. The molecular formula is C10H18N4O. The molecule has 1 aromatic heterocycles. The van der Waals surface area contributed by atoms with Crippen molar-refractivity contribution in [1.29, 1.82) is 0 Å². The fourth-order valence-electron chi connectivity index (χ4n) is 1.28. The van der Waals surface area contributed by atoms with E-state index < -0.39 is 0 Å². The number of hydrogen-bond acceptors (Lipinski definition) is 3. The smallest absolute Gasteiger partial charge is 0.269 e. The zero-order valence-corrected chi connectivity index (χ0v) is 9.29. The highest BCUT2D eigenvalue weighted by Gasteiger charge is 2.07. The van der Waals surface area contributed by atoms with E-state index >= 15 is 0 Å². The van der Waals surface area contributed by atoms with E-state index in [2.05, 4.69) is 22.7 Å². The molecule has 1 heterocycles. The molecule has 1 rings (SSSR count). The number of carbonyl (C=O) groups excluding carboxylic acids is 1. The van der Waals surface area contributed by atoms with E-state index in [0.717, 1.165) is 19.5 Å². The van der Waals surface area contributed by atoms with Crippen LogP contribution in [0.2, 0.25) is 0 Å². The highest BCUT2D eigenvalue weighted by atomic mass is 16.2. The van der Waals surface area contributed by atoms with Crippen molar-refractivity contribution < 1.29 is 4.79 Å². The highest BCUT2D eigenvalue weighted by molar-refractivity contribution is 5.92. The molecule has 2 N–H and O–H groups in total. The first-order valence-corrected chi connectivity index (χ1v) is 5.22. The van der Waals surface area contributed by atoms with Crippen LogP contribution in [0.25, 0.3) is 0 Å². The van der Waals surface area contributed by atoms with Crippen LogP contribution in [0.3, 0.4) is 0 Å². The van der Waals surface area contributed by atoms with E-state index in [1.165, 1.54) is 0 Å². The molecule has 0 atom stereocenters. The Hall–Kier alpha value is -1.36. The summed E-state index contributed by atoms with van der Waals surface area (Å²) in [5.74, 6) is -0.0634. The molecule has 0 bridgehead atoms. The molecule has 0 aliphatic heterocycles. The Balaban J connectivity index is 2.22. The fraction of sp³-hybridized carbons (Fsp3) is 0.600. The Morgan fingerprint density at radius 3 is 2.93 bits per heavy atom. The predicted octanol–water partition coefficient (Wildman–Crippen LogP) is 0.149. The minimum atomic E-state index is -0.0634. The minimum absolute atomic E-state index is 0.0634. The van der Waals surface area contributed by atoms with Gasteiger partial charge in [0.15, 0.2) is 0 Å². The van der Waals surface area contributed by atoms with Gasteiger partial charge in [-0.05, 0) is 25.6 Å².